The van der Waals surface area contributed by atoms with Gasteiger partial charge in [0.15, 0.2) is 0 Å². The van der Waals surface area contributed by atoms with Crippen molar-refractivity contribution in [2.75, 3.05) is 12.4 Å². The van der Waals surface area contributed by atoms with Crippen LogP contribution >= 0.6 is 15.9 Å². The quantitative estimate of drug-likeness (QED) is 0.859. The molecule has 5 heteroatoms. The van der Waals surface area contributed by atoms with Crippen LogP contribution in [0.3, 0.4) is 0 Å². The minimum Gasteiger partial charge on any atom is -0.465 e. The van der Waals surface area contributed by atoms with Gasteiger partial charge in [-0.1, -0.05) is 28.1 Å². The Morgan fingerprint density at radius 1 is 1.10 bits per heavy atom. The van der Waals surface area contributed by atoms with E-state index in [1.54, 1.807) is 36.4 Å². The Hall–Kier alpha value is -2.14. The zero-order valence-electron chi connectivity index (χ0n) is 11.6. The molecule has 0 saturated carbocycles. The van der Waals surface area contributed by atoms with Gasteiger partial charge in [-0.3, -0.25) is 4.79 Å². The first kappa shape index (κ1) is 15.3. The highest BCUT2D eigenvalue weighted by molar-refractivity contribution is 9.10. The summed E-state index contributed by atoms with van der Waals surface area (Å²) in [6.45, 7) is 1.85. The van der Waals surface area contributed by atoms with Gasteiger partial charge >= 0.3 is 5.97 Å². The van der Waals surface area contributed by atoms with E-state index in [2.05, 4.69) is 21.2 Å². The van der Waals surface area contributed by atoms with Gasteiger partial charge < -0.3 is 10.1 Å². The lowest BCUT2D eigenvalue weighted by atomic mass is 10.1. The predicted molar refractivity (Wildman–Crippen MR) is 84.6 cm³/mol. The highest BCUT2D eigenvalue weighted by atomic mass is 79.9. The van der Waals surface area contributed by atoms with Crippen molar-refractivity contribution < 1.29 is 14.3 Å². The molecule has 0 fully saturated rings. The third kappa shape index (κ3) is 3.49. The number of hydrogen-bond acceptors (Lipinski definition) is 3. The molecule has 0 bridgehead atoms. The van der Waals surface area contributed by atoms with Crippen molar-refractivity contribution in [2.45, 2.75) is 6.92 Å². The summed E-state index contributed by atoms with van der Waals surface area (Å²) >= 11 is 3.36. The summed E-state index contributed by atoms with van der Waals surface area (Å²) in [4.78, 5) is 24.0. The average molecular weight is 348 g/mol. The topological polar surface area (TPSA) is 55.4 Å². The van der Waals surface area contributed by atoms with E-state index in [1.807, 2.05) is 13.0 Å². The summed E-state index contributed by atoms with van der Waals surface area (Å²) in [7, 11) is 1.31. The van der Waals surface area contributed by atoms with Crippen molar-refractivity contribution in [3.63, 3.8) is 0 Å². The van der Waals surface area contributed by atoms with Crippen LogP contribution in [0.1, 0.15) is 26.3 Å². The van der Waals surface area contributed by atoms with E-state index in [4.69, 9.17) is 4.74 Å². The minimum absolute atomic E-state index is 0.267. The molecular formula is C16H14BrNO3. The van der Waals surface area contributed by atoms with Gasteiger partial charge in [0.05, 0.1) is 18.4 Å². The van der Waals surface area contributed by atoms with Crippen LogP contribution in [-0.2, 0) is 4.74 Å². The van der Waals surface area contributed by atoms with Crippen LogP contribution in [0, 0.1) is 6.92 Å². The number of hydrogen-bond donors (Lipinski definition) is 1. The van der Waals surface area contributed by atoms with Crippen molar-refractivity contribution in [3.8, 4) is 0 Å². The van der Waals surface area contributed by atoms with Gasteiger partial charge in [0.1, 0.15) is 0 Å². The lowest BCUT2D eigenvalue weighted by molar-refractivity contribution is 0.0602. The summed E-state index contributed by atoms with van der Waals surface area (Å²) in [6.07, 6.45) is 0. The lowest BCUT2D eigenvalue weighted by Crippen LogP contribution is -2.16. The molecule has 0 spiro atoms. The van der Waals surface area contributed by atoms with E-state index in [0.29, 0.717) is 16.8 Å². The number of methoxy groups -OCH3 is 1. The Morgan fingerprint density at radius 2 is 1.81 bits per heavy atom. The number of carbonyl (C=O) groups is 2. The molecule has 2 rings (SSSR count). The van der Waals surface area contributed by atoms with Crippen molar-refractivity contribution in [3.05, 3.63) is 63.6 Å². The number of benzene rings is 2. The first-order valence-electron chi connectivity index (χ1n) is 6.27. The van der Waals surface area contributed by atoms with E-state index in [-0.39, 0.29) is 5.91 Å². The molecule has 2 aromatic carbocycles. The molecule has 0 unspecified atom stereocenters. The predicted octanol–water partition coefficient (Wildman–Crippen LogP) is 3.80. The molecule has 0 atom stereocenters. The molecule has 1 amide bonds. The molecule has 0 aliphatic heterocycles. The Labute approximate surface area is 131 Å². The summed E-state index contributed by atoms with van der Waals surface area (Å²) < 4.78 is 5.62. The second-order valence-corrected chi connectivity index (χ2v) is 5.37. The Balaban J connectivity index is 2.30. The minimum atomic E-state index is -0.488. The fourth-order valence-corrected chi connectivity index (χ4v) is 2.43. The zero-order chi connectivity index (χ0) is 15.4. The summed E-state index contributed by atoms with van der Waals surface area (Å²) in [5.74, 6) is -0.755. The summed E-state index contributed by atoms with van der Waals surface area (Å²) in [5.41, 5.74) is 2.15. The van der Waals surface area contributed by atoms with Crippen LogP contribution in [0.4, 0.5) is 5.69 Å². The normalized spacial score (nSPS) is 10.0. The second kappa shape index (κ2) is 6.54. The van der Waals surface area contributed by atoms with Gasteiger partial charge in [-0.2, -0.15) is 0 Å². The highest BCUT2D eigenvalue weighted by Crippen LogP contribution is 2.20. The van der Waals surface area contributed by atoms with E-state index in [0.717, 1.165) is 10.0 Å². The number of rotatable bonds is 3. The number of aryl methyl sites for hydroxylation is 1. The maximum atomic E-state index is 12.3. The third-order valence-corrected chi connectivity index (χ3v) is 3.51. The number of esters is 1. The largest absolute Gasteiger partial charge is 0.465 e. The highest BCUT2D eigenvalue weighted by Gasteiger charge is 2.15. The fraction of sp³-hybridized carbons (Fsp3) is 0.125. The molecule has 0 saturated heterocycles. The molecule has 0 aliphatic rings. The van der Waals surface area contributed by atoms with Crippen LogP contribution in [0.5, 0.6) is 0 Å². The van der Waals surface area contributed by atoms with Gasteiger partial charge in [-0.25, -0.2) is 4.79 Å². The molecule has 0 radical (unpaired) electrons. The second-order valence-electron chi connectivity index (χ2n) is 4.45. The Bertz CT molecular complexity index is 698. The summed E-state index contributed by atoms with van der Waals surface area (Å²) in [6, 6.07) is 12.1. The maximum absolute atomic E-state index is 12.3. The SMILES string of the molecule is COC(=O)c1ccccc1NC(=O)c1ccc(Br)cc1C. The number of nitrogens with one attached hydrogen (secondary N) is 1. The van der Waals surface area contributed by atoms with E-state index in [9.17, 15) is 9.59 Å². The maximum Gasteiger partial charge on any atom is 0.339 e. The van der Waals surface area contributed by atoms with Crippen molar-refractivity contribution in [2.24, 2.45) is 0 Å². The molecule has 2 aromatic rings. The van der Waals surface area contributed by atoms with E-state index < -0.39 is 5.97 Å². The van der Waals surface area contributed by atoms with Crippen LogP contribution < -0.4 is 5.32 Å². The van der Waals surface area contributed by atoms with Crippen molar-refractivity contribution in [1.82, 2.24) is 0 Å². The number of carbonyl (C=O) groups excluding carboxylic acids is 2. The van der Waals surface area contributed by atoms with Crippen LogP contribution in [0.15, 0.2) is 46.9 Å². The molecular weight excluding hydrogens is 334 g/mol. The molecule has 21 heavy (non-hydrogen) atoms. The summed E-state index contributed by atoms with van der Waals surface area (Å²) in [5, 5.41) is 2.75. The molecule has 1 N–H and O–H groups in total. The average Bonchev–Trinajstić information content (AvgIpc) is 2.46. The number of para-hydroxylation sites is 1. The molecule has 0 heterocycles. The number of ether oxygens (including phenoxy) is 1. The first-order valence-corrected chi connectivity index (χ1v) is 7.07. The first-order chi connectivity index (χ1) is 10.0. The third-order valence-electron chi connectivity index (χ3n) is 3.01. The van der Waals surface area contributed by atoms with Crippen LogP contribution in [0.2, 0.25) is 0 Å². The number of halogens is 1. The molecule has 4 nitrogen and oxygen atoms in total. The van der Waals surface area contributed by atoms with Gasteiger partial charge in [-0.15, -0.1) is 0 Å². The van der Waals surface area contributed by atoms with Crippen molar-refractivity contribution in [1.29, 1.82) is 0 Å². The van der Waals surface area contributed by atoms with Gasteiger partial charge in [0.25, 0.3) is 5.91 Å². The van der Waals surface area contributed by atoms with Crippen LogP contribution in [0.25, 0.3) is 0 Å². The Kier molecular flexibility index (Phi) is 4.75. The van der Waals surface area contributed by atoms with Gasteiger partial charge in [0.2, 0.25) is 0 Å². The zero-order valence-corrected chi connectivity index (χ0v) is 13.2. The Morgan fingerprint density at radius 3 is 2.48 bits per heavy atom. The molecule has 108 valence electrons. The van der Waals surface area contributed by atoms with Gasteiger partial charge in [-0.05, 0) is 42.8 Å². The van der Waals surface area contributed by atoms with Gasteiger partial charge in [0, 0.05) is 10.0 Å². The smallest absolute Gasteiger partial charge is 0.339 e. The number of anilines is 1. The fourth-order valence-electron chi connectivity index (χ4n) is 1.95. The van der Waals surface area contributed by atoms with Crippen LogP contribution in [-0.4, -0.2) is 19.0 Å². The lowest BCUT2D eigenvalue weighted by Gasteiger charge is -2.11. The molecule has 0 aromatic heterocycles. The standard InChI is InChI=1S/C16H14BrNO3/c1-10-9-11(17)7-8-12(10)15(19)18-14-6-4-3-5-13(14)16(20)21-2/h3-9H,1-2H3,(H,18,19). The van der Waals surface area contributed by atoms with Crippen molar-refractivity contribution >= 4 is 33.5 Å². The van der Waals surface area contributed by atoms with E-state index in [1.165, 1.54) is 7.11 Å². The number of amides is 1. The molecule has 0 aliphatic carbocycles. The van der Waals surface area contributed by atoms with E-state index >= 15 is 0 Å². The monoisotopic (exact) mass is 347 g/mol.